The van der Waals surface area contributed by atoms with Crippen LogP contribution in [0.3, 0.4) is 0 Å². The molecule has 0 bridgehead atoms. The maximum atomic E-state index is 13.0. The molecule has 1 N–H and O–H groups in total. The molecule has 1 amide bonds. The maximum Gasteiger partial charge on any atom is 0.330 e. The van der Waals surface area contributed by atoms with Crippen LogP contribution in [-0.4, -0.2) is 31.2 Å². The minimum atomic E-state index is -0.176. The first-order valence-corrected chi connectivity index (χ1v) is 12.8. The van der Waals surface area contributed by atoms with Gasteiger partial charge < -0.3 is 9.84 Å². The molecule has 2 aliphatic rings. The van der Waals surface area contributed by atoms with Gasteiger partial charge in [0, 0.05) is 43.2 Å². The molecule has 3 aromatic rings. The number of pyridine rings is 1. The third-order valence-electron chi connectivity index (χ3n) is 7.70. The molecule has 0 saturated heterocycles. The molecule has 2 unspecified atom stereocenters. The molecule has 0 aromatic carbocycles. The smallest absolute Gasteiger partial charge is 0.330 e. The second kappa shape index (κ2) is 8.35. The molecule has 188 valence electrons. The van der Waals surface area contributed by atoms with Crippen molar-refractivity contribution in [3.8, 4) is 0 Å². The third-order valence-corrected chi connectivity index (χ3v) is 7.70. The summed E-state index contributed by atoms with van der Waals surface area (Å²) in [6, 6.07) is 5.87. The Hall–Kier alpha value is -2.90. The van der Waals surface area contributed by atoms with E-state index in [0.29, 0.717) is 18.2 Å². The molecule has 0 spiro atoms. The van der Waals surface area contributed by atoms with Gasteiger partial charge in [0.25, 0.3) is 5.91 Å². The summed E-state index contributed by atoms with van der Waals surface area (Å²) >= 11 is 0. The number of carbonyl (C=O) groups is 1. The molecular formula is C27H37N5O3. The van der Waals surface area contributed by atoms with Crippen molar-refractivity contribution in [1.82, 2.24) is 24.6 Å². The van der Waals surface area contributed by atoms with Gasteiger partial charge in [-0.15, -0.1) is 0 Å². The predicted molar refractivity (Wildman–Crippen MR) is 135 cm³/mol. The Balaban J connectivity index is 1.37. The average molecular weight is 480 g/mol. The number of aromatic nitrogens is 4. The maximum absolute atomic E-state index is 13.0. The van der Waals surface area contributed by atoms with Gasteiger partial charge in [0.05, 0.1) is 5.52 Å². The summed E-state index contributed by atoms with van der Waals surface area (Å²) in [6.07, 6.45) is 4.97. The predicted octanol–water partition coefficient (Wildman–Crippen LogP) is 4.74. The minimum absolute atomic E-state index is 0.0124. The van der Waals surface area contributed by atoms with Gasteiger partial charge in [-0.25, -0.2) is 9.78 Å². The van der Waals surface area contributed by atoms with E-state index in [1.165, 1.54) is 0 Å². The van der Waals surface area contributed by atoms with Crippen LogP contribution in [0, 0.1) is 10.8 Å². The van der Waals surface area contributed by atoms with E-state index < -0.39 is 0 Å². The number of hydrogen-bond acceptors (Lipinski definition) is 5. The van der Waals surface area contributed by atoms with E-state index in [9.17, 15) is 9.59 Å². The first-order valence-electron chi connectivity index (χ1n) is 12.8. The minimum Gasteiger partial charge on any atom is -0.360 e. The molecular weight excluding hydrogens is 442 g/mol. The van der Waals surface area contributed by atoms with Crippen molar-refractivity contribution in [1.29, 1.82) is 0 Å². The Morgan fingerprint density at radius 2 is 1.94 bits per heavy atom. The number of amides is 1. The standard InChI is InChI=1S/C27H37N5O3/c1-26(2,3)15-32-20-10-9-18(28-23(20)31(6)25(32)34)17-11-12-27(4,5)22(13-17)29-24(33)19-14-21(35-30-19)16-7-8-16/h9-10,14,16-17,22H,7-8,11-13,15H2,1-6H3,(H,29,33). The van der Waals surface area contributed by atoms with Crippen molar-refractivity contribution < 1.29 is 9.32 Å². The van der Waals surface area contributed by atoms with E-state index in [4.69, 9.17) is 9.51 Å². The number of rotatable bonds is 5. The van der Waals surface area contributed by atoms with Crippen LogP contribution >= 0.6 is 0 Å². The third kappa shape index (κ3) is 4.67. The molecule has 5 rings (SSSR count). The number of fused-ring (bicyclic) bond motifs is 1. The molecule has 0 aliphatic heterocycles. The van der Waals surface area contributed by atoms with Gasteiger partial charge in [-0.1, -0.05) is 39.8 Å². The van der Waals surface area contributed by atoms with Gasteiger partial charge in [-0.05, 0) is 55.1 Å². The highest BCUT2D eigenvalue weighted by molar-refractivity contribution is 5.92. The first kappa shape index (κ1) is 23.8. The van der Waals surface area contributed by atoms with Gasteiger partial charge in [0.15, 0.2) is 11.3 Å². The Bertz CT molecular complexity index is 1320. The summed E-state index contributed by atoms with van der Waals surface area (Å²) in [7, 11) is 1.79. The second-order valence-electron chi connectivity index (χ2n) is 12.4. The summed E-state index contributed by atoms with van der Waals surface area (Å²) < 4.78 is 8.86. The second-order valence-corrected chi connectivity index (χ2v) is 12.4. The lowest BCUT2D eigenvalue weighted by molar-refractivity contribution is 0.0827. The van der Waals surface area contributed by atoms with Gasteiger partial charge in [-0.2, -0.15) is 0 Å². The van der Waals surface area contributed by atoms with E-state index in [-0.39, 0.29) is 34.4 Å². The molecule has 2 fully saturated rings. The molecule has 2 atom stereocenters. The Kier molecular flexibility index (Phi) is 5.68. The fraction of sp³-hybridized carbons (Fsp3) is 0.630. The van der Waals surface area contributed by atoms with Crippen LogP contribution in [0.5, 0.6) is 0 Å². The molecule has 8 heteroatoms. The van der Waals surface area contributed by atoms with Gasteiger partial charge in [-0.3, -0.25) is 13.9 Å². The van der Waals surface area contributed by atoms with Crippen LogP contribution in [-0.2, 0) is 13.6 Å². The number of imidazole rings is 1. The van der Waals surface area contributed by atoms with Gasteiger partial charge >= 0.3 is 5.69 Å². The monoisotopic (exact) mass is 479 g/mol. The summed E-state index contributed by atoms with van der Waals surface area (Å²) in [5, 5.41) is 7.25. The van der Waals surface area contributed by atoms with Crippen molar-refractivity contribution >= 4 is 17.1 Å². The van der Waals surface area contributed by atoms with Crippen molar-refractivity contribution in [3.63, 3.8) is 0 Å². The van der Waals surface area contributed by atoms with Crippen molar-refractivity contribution in [3.05, 3.63) is 45.8 Å². The molecule has 35 heavy (non-hydrogen) atoms. The van der Waals surface area contributed by atoms with E-state index in [2.05, 4.69) is 51.2 Å². The molecule has 2 saturated carbocycles. The van der Waals surface area contributed by atoms with Crippen LogP contribution in [0.15, 0.2) is 27.5 Å². The number of nitrogens with one attached hydrogen (secondary N) is 1. The number of aryl methyl sites for hydroxylation is 1. The van der Waals surface area contributed by atoms with Crippen LogP contribution in [0.1, 0.15) is 101 Å². The van der Waals surface area contributed by atoms with Gasteiger partial charge in [0.1, 0.15) is 5.76 Å². The lowest BCUT2D eigenvalue weighted by atomic mass is 9.68. The Morgan fingerprint density at radius 3 is 2.63 bits per heavy atom. The van der Waals surface area contributed by atoms with Crippen LogP contribution in [0.2, 0.25) is 0 Å². The zero-order valence-corrected chi connectivity index (χ0v) is 21.7. The highest BCUT2D eigenvalue weighted by Gasteiger charge is 2.39. The lowest BCUT2D eigenvalue weighted by Gasteiger charge is -2.42. The average Bonchev–Trinajstić information content (AvgIpc) is 3.47. The van der Waals surface area contributed by atoms with E-state index in [0.717, 1.165) is 54.7 Å². The molecule has 2 aliphatic carbocycles. The van der Waals surface area contributed by atoms with Crippen molar-refractivity contribution in [2.75, 3.05) is 0 Å². The normalized spacial score (nSPS) is 22.5. The number of carbonyl (C=O) groups excluding carboxylic acids is 1. The molecule has 0 radical (unpaired) electrons. The topological polar surface area (TPSA) is 95.0 Å². The number of nitrogens with zero attached hydrogens (tertiary/aromatic N) is 4. The zero-order valence-electron chi connectivity index (χ0n) is 21.7. The SMILES string of the molecule is Cn1c(=O)n(CC(C)(C)C)c2ccc(C3CCC(C)(C)C(NC(=O)c4cc(C5CC5)on4)C3)nc21. The molecule has 3 heterocycles. The highest BCUT2D eigenvalue weighted by Crippen LogP contribution is 2.43. The fourth-order valence-electron chi connectivity index (χ4n) is 5.30. The van der Waals surface area contributed by atoms with Crippen LogP contribution < -0.4 is 11.0 Å². The van der Waals surface area contributed by atoms with Gasteiger partial charge in [0.2, 0.25) is 0 Å². The highest BCUT2D eigenvalue weighted by atomic mass is 16.5. The van der Waals surface area contributed by atoms with E-state index in [1.807, 2.05) is 10.6 Å². The summed E-state index contributed by atoms with van der Waals surface area (Å²) in [6.45, 7) is 11.4. The molecule has 8 nitrogen and oxygen atoms in total. The quantitative estimate of drug-likeness (QED) is 0.570. The van der Waals surface area contributed by atoms with E-state index >= 15 is 0 Å². The summed E-state index contributed by atoms with van der Waals surface area (Å²) in [4.78, 5) is 30.9. The fourth-order valence-corrected chi connectivity index (χ4v) is 5.30. The van der Waals surface area contributed by atoms with Crippen molar-refractivity contribution in [2.24, 2.45) is 17.9 Å². The van der Waals surface area contributed by atoms with Crippen LogP contribution in [0.25, 0.3) is 11.2 Å². The first-order chi connectivity index (χ1) is 16.4. The Labute approximate surface area is 206 Å². The van der Waals surface area contributed by atoms with E-state index in [1.54, 1.807) is 17.7 Å². The van der Waals surface area contributed by atoms with Crippen molar-refractivity contribution in [2.45, 2.75) is 91.1 Å². The summed E-state index contributed by atoms with van der Waals surface area (Å²) in [5.74, 6) is 1.27. The zero-order chi connectivity index (χ0) is 25.1. The lowest BCUT2D eigenvalue weighted by Crippen LogP contribution is -2.48. The van der Waals surface area contributed by atoms with Crippen LogP contribution in [0.4, 0.5) is 0 Å². The Morgan fingerprint density at radius 1 is 1.20 bits per heavy atom. The summed E-state index contributed by atoms with van der Waals surface area (Å²) in [5.41, 5.74) is 2.84. The largest absolute Gasteiger partial charge is 0.360 e. The molecule has 3 aromatic heterocycles. The number of hydrogen-bond donors (Lipinski definition) is 1.